The number of ketones is 1. The summed E-state index contributed by atoms with van der Waals surface area (Å²) in [5.74, 6) is 1.38. The molecule has 28 heavy (non-hydrogen) atoms. The molecule has 2 aliphatic rings. The van der Waals surface area contributed by atoms with Gasteiger partial charge in [0.25, 0.3) is 5.91 Å². The van der Waals surface area contributed by atoms with E-state index in [4.69, 9.17) is 4.74 Å². The number of amides is 1. The van der Waals surface area contributed by atoms with E-state index in [1.165, 1.54) is 28.6 Å². The Balaban J connectivity index is 1.40. The normalized spacial score (nSPS) is 15.1. The molecule has 2 aromatic heterocycles. The maximum Gasteiger partial charge on any atom is 0.262 e. The highest BCUT2D eigenvalue weighted by Crippen LogP contribution is 2.40. The number of hydrogen-bond donors (Lipinski definition) is 1. The Bertz CT molecular complexity index is 1140. The van der Waals surface area contributed by atoms with Gasteiger partial charge < -0.3 is 10.1 Å². The van der Waals surface area contributed by atoms with Gasteiger partial charge in [0, 0.05) is 15.8 Å². The van der Waals surface area contributed by atoms with E-state index >= 15 is 0 Å². The number of carbonyl (C=O) groups is 2. The number of nitrogens with one attached hydrogen (secondary N) is 1. The molecule has 0 saturated carbocycles. The number of thioether (sulfide) groups is 1. The van der Waals surface area contributed by atoms with Crippen molar-refractivity contribution in [1.82, 2.24) is 9.97 Å². The number of ether oxygens (including phenoxy) is 1. The van der Waals surface area contributed by atoms with Crippen LogP contribution in [0.2, 0.25) is 0 Å². The van der Waals surface area contributed by atoms with Crippen LogP contribution in [-0.2, 0) is 17.6 Å². The Morgan fingerprint density at radius 3 is 3.11 bits per heavy atom. The number of Topliss-reactive ketones (excluding diaryl/α,β-unsaturated/α-hetero) is 1. The third-order valence-electron chi connectivity index (χ3n) is 4.92. The Morgan fingerprint density at radius 2 is 2.21 bits per heavy atom. The molecule has 1 amide bonds. The van der Waals surface area contributed by atoms with Crippen LogP contribution in [-0.4, -0.2) is 34.0 Å². The summed E-state index contributed by atoms with van der Waals surface area (Å²) in [6, 6.07) is 5.15. The van der Waals surface area contributed by atoms with Crippen molar-refractivity contribution in [2.75, 3.05) is 17.7 Å². The van der Waals surface area contributed by atoms with Gasteiger partial charge in [-0.05, 0) is 49.9 Å². The predicted octanol–water partition coefficient (Wildman–Crippen LogP) is 3.79. The van der Waals surface area contributed by atoms with Gasteiger partial charge in [-0.25, -0.2) is 9.97 Å². The molecular weight excluding hydrogens is 394 g/mol. The van der Waals surface area contributed by atoms with E-state index in [1.807, 2.05) is 6.92 Å². The third-order valence-corrected chi connectivity index (χ3v) is 7.08. The molecule has 0 fully saturated rings. The van der Waals surface area contributed by atoms with Crippen LogP contribution >= 0.6 is 23.1 Å². The number of nitrogens with zero attached hydrogens (tertiary/aromatic N) is 2. The number of rotatable bonds is 4. The van der Waals surface area contributed by atoms with E-state index in [0.717, 1.165) is 33.9 Å². The second-order valence-electron chi connectivity index (χ2n) is 6.87. The number of hydrogen-bond acceptors (Lipinski definition) is 7. The lowest BCUT2D eigenvalue weighted by molar-refractivity contribution is -0.118. The molecular formula is C20H17N3O3S2. The van der Waals surface area contributed by atoms with Crippen molar-refractivity contribution in [3.63, 3.8) is 0 Å². The standard InChI is InChI=1S/C20H17N3O3S2/c1-10-21-19(18-12-3-2-4-16(12)28-20(18)22-10)27-9-14(24)11-5-6-15-13(7-11)23-17(25)8-26-15/h5-7H,2-4,8-9H2,1H3,(H,23,25). The lowest BCUT2D eigenvalue weighted by Crippen LogP contribution is -2.25. The molecule has 5 rings (SSSR count). The van der Waals surface area contributed by atoms with E-state index in [9.17, 15) is 9.59 Å². The molecule has 1 aromatic carbocycles. The Hall–Kier alpha value is -2.45. The Morgan fingerprint density at radius 1 is 1.32 bits per heavy atom. The number of fused-ring (bicyclic) bond motifs is 4. The fourth-order valence-electron chi connectivity index (χ4n) is 3.64. The summed E-state index contributed by atoms with van der Waals surface area (Å²) in [6.45, 7) is 1.90. The van der Waals surface area contributed by atoms with Gasteiger partial charge in [0.1, 0.15) is 21.4 Å². The quantitative estimate of drug-likeness (QED) is 0.400. The first kappa shape index (κ1) is 17.6. The van der Waals surface area contributed by atoms with Crippen LogP contribution in [0, 0.1) is 6.92 Å². The van der Waals surface area contributed by atoms with Crippen molar-refractivity contribution in [2.45, 2.75) is 31.2 Å². The van der Waals surface area contributed by atoms with Crippen molar-refractivity contribution >= 4 is 50.7 Å². The summed E-state index contributed by atoms with van der Waals surface area (Å²) < 4.78 is 5.35. The highest BCUT2D eigenvalue weighted by molar-refractivity contribution is 8.00. The highest BCUT2D eigenvalue weighted by atomic mass is 32.2. The Kier molecular flexibility index (Phi) is 4.32. The fraction of sp³-hybridized carbons (Fsp3) is 0.300. The smallest absolute Gasteiger partial charge is 0.262 e. The van der Waals surface area contributed by atoms with Crippen LogP contribution in [0.3, 0.4) is 0 Å². The lowest BCUT2D eigenvalue weighted by atomic mass is 10.1. The predicted molar refractivity (Wildman–Crippen MR) is 110 cm³/mol. The lowest BCUT2D eigenvalue weighted by Gasteiger charge is -2.18. The maximum absolute atomic E-state index is 12.8. The van der Waals surface area contributed by atoms with Gasteiger partial charge in [-0.15, -0.1) is 11.3 Å². The maximum atomic E-state index is 12.8. The zero-order valence-electron chi connectivity index (χ0n) is 15.2. The van der Waals surface area contributed by atoms with Crippen LogP contribution in [0.25, 0.3) is 10.2 Å². The van der Waals surface area contributed by atoms with Gasteiger partial charge in [-0.3, -0.25) is 9.59 Å². The SMILES string of the molecule is Cc1nc(SCC(=O)c2ccc3c(c2)NC(=O)CO3)c2c3c(sc2n1)CCC3. The van der Waals surface area contributed by atoms with Gasteiger partial charge in [-0.1, -0.05) is 11.8 Å². The highest BCUT2D eigenvalue weighted by Gasteiger charge is 2.23. The average molecular weight is 412 g/mol. The van der Waals surface area contributed by atoms with Crippen LogP contribution < -0.4 is 10.1 Å². The summed E-state index contributed by atoms with van der Waals surface area (Å²) in [7, 11) is 0. The first-order chi connectivity index (χ1) is 13.6. The number of aromatic nitrogens is 2. The van der Waals surface area contributed by atoms with E-state index < -0.39 is 0 Å². The Labute approximate surface area is 169 Å². The molecule has 0 atom stereocenters. The van der Waals surface area contributed by atoms with E-state index in [0.29, 0.717) is 17.0 Å². The van der Waals surface area contributed by atoms with Crippen molar-refractivity contribution in [2.24, 2.45) is 0 Å². The summed E-state index contributed by atoms with van der Waals surface area (Å²) in [5, 5.41) is 4.77. The summed E-state index contributed by atoms with van der Waals surface area (Å²) >= 11 is 3.22. The average Bonchev–Trinajstić information content (AvgIpc) is 3.25. The van der Waals surface area contributed by atoms with Crippen LogP contribution in [0.1, 0.15) is 33.0 Å². The van der Waals surface area contributed by atoms with Gasteiger partial charge in [0.15, 0.2) is 12.4 Å². The van der Waals surface area contributed by atoms with Crippen molar-refractivity contribution in [3.05, 3.63) is 40.0 Å². The molecule has 1 aliphatic carbocycles. The number of carbonyl (C=O) groups excluding carboxylic acids is 2. The van der Waals surface area contributed by atoms with Gasteiger partial charge in [0.2, 0.25) is 0 Å². The molecule has 1 N–H and O–H groups in total. The number of benzene rings is 1. The summed E-state index contributed by atoms with van der Waals surface area (Å²) in [5.41, 5.74) is 2.46. The second kappa shape index (κ2) is 6.86. The van der Waals surface area contributed by atoms with Crippen LogP contribution in [0.15, 0.2) is 23.2 Å². The molecule has 0 bridgehead atoms. The number of anilines is 1. The zero-order valence-corrected chi connectivity index (χ0v) is 16.8. The molecule has 0 radical (unpaired) electrons. The minimum Gasteiger partial charge on any atom is -0.482 e. The third kappa shape index (κ3) is 3.06. The molecule has 1 aliphatic heterocycles. The number of aryl methyl sites for hydroxylation is 3. The van der Waals surface area contributed by atoms with Gasteiger partial charge in [-0.2, -0.15) is 0 Å². The largest absolute Gasteiger partial charge is 0.482 e. The first-order valence-electron chi connectivity index (χ1n) is 9.10. The molecule has 3 heterocycles. The van der Waals surface area contributed by atoms with Crippen LogP contribution in [0.5, 0.6) is 5.75 Å². The topological polar surface area (TPSA) is 81.2 Å². The summed E-state index contributed by atoms with van der Waals surface area (Å²) in [6.07, 6.45) is 3.35. The van der Waals surface area contributed by atoms with E-state index in [2.05, 4.69) is 15.3 Å². The van der Waals surface area contributed by atoms with E-state index in [1.54, 1.807) is 29.5 Å². The minimum absolute atomic E-state index is 0.00414. The van der Waals surface area contributed by atoms with E-state index in [-0.39, 0.29) is 24.1 Å². The molecule has 6 nitrogen and oxygen atoms in total. The first-order valence-corrected chi connectivity index (χ1v) is 10.9. The molecule has 0 unspecified atom stereocenters. The van der Waals surface area contributed by atoms with Crippen molar-refractivity contribution in [1.29, 1.82) is 0 Å². The molecule has 3 aromatic rings. The molecule has 8 heteroatoms. The molecule has 0 spiro atoms. The number of thiophene rings is 1. The van der Waals surface area contributed by atoms with Gasteiger partial charge >= 0.3 is 0 Å². The van der Waals surface area contributed by atoms with Crippen molar-refractivity contribution < 1.29 is 14.3 Å². The van der Waals surface area contributed by atoms with Crippen molar-refractivity contribution in [3.8, 4) is 5.75 Å². The van der Waals surface area contributed by atoms with Gasteiger partial charge in [0.05, 0.1) is 11.4 Å². The zero-order chi connectivity index (χ0) is 19.3. The fourth-order valence-corrected chi connectivity index (χ4v) is 6.01. The summed E-state index contributed by atoms with van der Waals surface area (Å²) in [4.78, 5) is 35.9. The second-order valence-corrected chi connectivity index (χ2v) is 8.92. The van der Waals surface area contributed by atoms with Crippen LogP contribution in [0.4, 0.5) is 5.69 Å². The molecule has 0 saturated heterocycles. The molecule has 142 valence electrons. The minimum atomic E-state index is -0.211. The monoisotopic (exact) mass is 411 g/mol.